The van der Waals surface area contributed by atoms with E-state index in [9.17, 15) is 53.1 Å². The van der Waals surface area contributed by atoms with Gasteiger partial charge in [0.25, 0.3) is 0 Å². The molecular formula is C42H57N9O11. The van der Waals surface area contributed by atoms with Crippen LogP contribution in [0.25, 0.3) is 0 Å². The highest BCUT2D eigenvalue weighted by molar-refractivity contribution is 6.00. The third kappa shape index (κ3) is 19.8. The number of carboxylic acids is 1. The Balaban J connectivity index is 2.09. The van der Waals surface area contributed by atoms with E-state index in [2.05, 4.69) is 42.5 Å². The second-order valence-electron chi connectivity index (χ2n) is 15.0. The Morgan fingerprint density at radius 1 is 0.581 bits per heavy atom. The van der Waals surface area contributed by atoms with Gasteiger partial charge in [-0.2, -0.15) is 0 Å². The lowest BCUT2D eigenvalue weighted by atomic mass is 9.99. The number of rotatable bonds is 25. The SMILES string of the molecule is CC(=O)NCC(NC(=O)C=CC(=O)NCC(=O)NCC(=O)NC(Cc1ccccc1)C(=O)O)C(=O)NC(Cc1ccccc1)C(=O)NC(CC(C)C)C(=O)NC(C(N)=O)C(C)C. The van der Waals surface area contributed by atoms with Gasteiger partial charge in [0.2, 0.25) is 53.2 Å². The van der Waals surface area contributed by atoms with Gasteiger partial charge in [-0.15, -0.1) is 0 Å². The molecule has 2 aromatic rings. The van der Waals surface area contributed by atoms with Gasteiger partial charge in [0, 0.05) is 38.5 Å². The van der Waals surface area contributed by atoms with Crippen LogP contribution in [0.4, 0.5) is 0 Å². The summed E-state index contributed by atoms with van der Waals surface area (Å²) in [4.78, 5) is 126. The Morgan fingerprint density at radius 3 is 1.60 bits per heavy atom. The summed E-state index contributed by atoms with van der Waals surface area (Å²) in [5, 5.41) is 28.9. The molecule has 20 heteroatoms. The number of aliphatic carboxylic acids is 1. The maximum atomic E-state index is 13.9. The molecule has 0 bridgehead atoms. The molecule has 20 nitrogen and oxygen atoms in total. The van der Waals surface area contributed by atoms with Gasteiger partial charge in [0.05, 0.1) is 13.1 Å². The topological polar surface area (TPSA) is 313 Å². The van der Waals surface area contributed by atoms with Crippen LogP contribution in [0.5, 0.6) is 0 Å². The van der Waals surface area contributed by atoms with E-state index in [0.717, 1.165) is 12.2 Å². The molecule has 0 aliphatic carbocycles. The Labute approximate surface area is 359 Å². The normalized spacial score (nSPS) is 13.3. The van der Waals surface area contributed by atoms with Crippen LogP contribution in [0.2, 0.25) is 0 Å². The molecule has 0 fully saturated rings. The van der Waals surface area contributed by atoms with Gasteiger partial charge >= 0.3 is 5.97 Å². The molecule has 0 spiro atoms. The van der Waals surface area contributed by atoms with Crippen LogP contribution in [-0.4, -0.2) is 114 Å². The molecule has 0 saturated heterocycles. The standard InChI is InChI=1S/C42H57N9O11/c1-24(2)18-29(40(59)51-37(25(3)4)38(43)57)49-39(58)30(19-27-12-8-6-9-13-27)50-41(60)32(21-44-26(5)52)48-34(54)17-16-33(53)45-22-35(55)46-23-36(56)47-31(42(61)62)20-28-14-10-7-11-15-28/h6-17,24-25,29-32,37H,18-23H2,1-5H3,(H2,43,57)(H,44,52)(H,45,53)(H,46,55)(H,47,56)(H,48,54)(H,49,58)(H,50,60)(H,51,59)(H,61,62). The Bertz CT molecular complexity index is 1920. The summed E-state index contributed by atoms with van der Waals surface area (Å²) >= 11 is 0. The summed E-state index contributed by atoms with van der Waals surface area (Å²) < 4.78 is 0. The molecule has 0 radical (unpaired) electrons. The number of carboxylic acid groups (broad SMARTS) is 1. The van der Waals surface area contributed by atoms with Crippen LogP contribution < -0.4 is 48.3 Å². The van der Waals surface area contributed by atoms with Crippen molar-refractivity contribution in [3.63, 3.8) is 0 Å². The molecule has 0 aliphatic heterocycles. The van der Waals surface area contributed by atoms with Crippen molar-refractivity contribution in [2.24, 2.45) is 17.6 Å². The summed E-state index contributed by atoms with van der Waals surface area (Å²) in [6.45, 7) is 6.59. The second kappa shape index (κ2) is 26.2. The zero-order valence-electron chi connectivity index (χ0n) is 35.3. The van der Waals surface area contributed by atoms with Crippen LogP contribution in [0.3, 0.4) is 0 Å². The lowest BCUT2D eigenvalue weighted by Gasteiger charge is -2.27. The van der Waals surface area contributed by atoms with Gasteiger partial charge in [0.15, 0.2) is 0 Å². The first kappa shape index (κ1) is 51.0. The molecule has 0 saturated carbocycles. The quantitative estimate of drug-likeness (QED) is 0.0492. The molecule has 11 N–H and O–H groups in total. The van der Waals surface area contributed by atoms with Crippen molar-refractivity contribution in [1.29, 1.82) is 0 Å². The van der Waals surface area contributed by atoms with E-state index in [1.807, 2.05) is 13.8 Å². The van der Waals surface area contributed by atoms with E-state index in [1.54, 1.807) is 74.5 Å². The highest BCUT2D eigenvalue weighted by Gasteiger charge is 2.32. The minimum Gasteiger partial charge on any atom is -0.480 e. The molecule has 5 unspecified atom stereocenters. The van der Waals surface area contributed by atoms with Gasteiger partial charge in [-0.3, -0.25) is 43.2 Å². The van der Waals surface area contributed by atoms with E-state index in [-0.39, 0.29) is 31.1 Å². The van der Waals surface area contributed by atoms with Crippen molar-refractivity contribution in [2.75, 3.05) is 19.6 Å². The zero-order valence-corrected chi connectivity index (χ0v) is 35.3. The lowest BCUT2D eigenvalue weighted by molar-refractivity contribution is -0.141. The Kier molecular flexibility index (Phi) is 21.5. The van der Waals surface area contributed by atoms with Crippen molar-refractivity contribution in [2.45, 2.75) is 84.1 Å². The van der Waals surface area contributed by atoms with Crippen LogP contribution in [-0.2, 0) is 60.8 Å². The molecule has 62 heavy (non-hydrogen) atoms. The number of nitrogens with two attached hydrogens (primary N) is 1. The van der Waals surface area contributed by atoms with Gasteiger partial charge in [-0.1, -0.05) is 88.4 Å². The highest BCUT2D eigenvalue weighted by atomic mass is 16.4. The molecule has 2 rings (SSSR count). The van der Waals surface area contributed by atoms with Crippen LogP contribution >= 0.6 is 0 Å². The maximum absolute atomic E-state index is 13.9. The third-order valence-corrected chi connectivity index (χ3v) is 8.89. The monoisotopic (exact) mass is 863 g/mol. The summed E-state index contributed by atoms with van der Waals surface area (Å²) in [7, 11) is 0. The van der Waals surface area contributed by atoms with Gasteiger partial charge in [-0.05, 0) is 29.4 Å². The van der Waals surface area contributed by atoms with E-state index in [4.69, 9.17) is 5.73 Å². The Hall–Kier alpha value is -7.12. The average Bonchev–Trinajstić information content (AvgIpc) is 3.21. The predicted molar refractivity (Wildman–Crippen MR) is 225 cm³/mol. The largest absolute Gasteiger partial charge is 0.480 e. The number of carbonyl (C=O) groups is 10. The fraction of sp³-hybridized carbons (Fsp3) is 0.429. The molecule has 5 atom stereocenters. The van der Waals surface area contributed by atoms with Crippen molar-refractivity contribution in [1.82, 2.24) is 42.5 Å². The van der Waals surface area contributed by atoms with Crippen molar-refractivity contribution in [3.05, 3.63) is 83.9 Å². The fourth-order valence-electron chi connectivity index (χ4n) is 5.72. The number of hydrogen-bond donors (Lipinski definition) is 10. The highest BCUT2D eigenvalue weighted by Crippen LogP contribution is 2.10. The number of primary amides is 1. The molecule has 336 valence electrons. The van der Waals surface area contributed by atoms with Crippen LogP contribution in [0.1, 0.15) is 52.2 Å². The fourth-order valence-corrected chi connectivity index (χ4v) is 5.72. The number of carbonyl (C=O) groups excluding carboxylic acids is 9. The minimum absolute atomic E-state index is 0.0114. The van der Waals surface area contributed by atoms with Crippen molar-refractivity contribution < 1.29 is 53.1 Å². The Morgan fingerprint density at radius 2 is 1.08 bits per heavy atom. The van der Waals surface area contributed by atoms with Gasteiger partial charge in [0.1, 0.15) is 30.2 Å². The third-order valence-electron chi connectivity index (χ3n) is 8.89. The summed E-state index contributed by atoms with van der Waals surface area (Å²) in [6.07, 6.45) is 1.64. The van der Waals surface area contributed by atoms with E-state index < -0.39 is 109 Å². The second-order valence-corrected chi connectivity index (χ2v) is 15.0. The summed E-state index contributed by atoms with van der Waals surface area (Å²) in [6, 6.07) is 11.0. The van der Waals surface area contributed by atoms with E-state index in [1.165, 1.54) is 6.92 Å². The smallest absolute Gasteiger partial charge is 0.326 e. The van der Waals surface area contributed by atoms with E-state index in [0.29, 0.717) is 11.1 Å². The first-order valence-electron chi connectivity index (χ1n) is 19.8. The van der Waals surface area contributed by atoms with E-state index >= 15 is 0 Å². The first-order valence-corrected chi connectivity index (χ1v) is 19.8. The molecule has 0 aliphatic rings. The summed E-state index contributed by atoms with van der Waals surface area (Å²) in [5.74, 6) is -8.80. The molecule has 0 heterocycles. The van der Waals surface area contributed by atoms with Gasteiger partial charge < -0.3 is 53.4 Å². The first-order chi connectivity index (χ1) is 29.2. The maximum Gasteiger partial charge on any atom is 0.326 e. The van der Waals surface area contributed by atoms with Crippen molar-refractivity contribution >= 4 is 59.1 Å². The lowest BCUT2D eigenvalue weighted by Crippen LogP contribution is -2.60. The number of amides is 9. The molecule has 0 aromatic heterocycles. The minimum atomic E-state index is -1.48. The van der Waals surface area contributed by atoms with Crippen LogP contribution in [0, 0.1) is 11.8 Å². The number of hydrogen-bond acceptors (Lipinski definition) is 10. The van der Waals surface area contributed by atoms with Crippen molar-refractivity contribution in [3.8, 4) is 0 Å². The van der Waals surface area contributed by atoms with Crippen LogP contribution in [0.15, 0.2) is 72.8 Å². The molecule has 9 amide bonds. The average molecular weight is 864 g/mol. The summed E-state index contributed by atoms with van der Waals surface area (Å²) in [5.41, 5.74) is 6.79. The zero-order chi connectivity index (χ0) is 46.4. The predicted octanol–water partition coefficient (Wildman–Crippen LogP) is -1.91. The number of benzene rings is 2. The molecular weight excluding hydrogens is 807 g/mol. The van der Waals surface area contributed by atoms with Gasteiger partial charge in [-0.25, -0.2) is 4.79 Å². The molecule has 2 aromatic carbocycles. The number of nitrogens with one attached hydrogen (secondary N) is 8.